The zero-order valence-electron chi connectivity index (χ0n) is 16.9. The van der Waals surface area contributed by atoms with Crippen molar-refractivity contribution in [2.75, 3.05) is 7.11 Å². The number of rotatable bonds is 5. The Morgan fingerprint density at radius 3 is 2.68 bits per heavy atom. The quantitative estimate of drug-likeness (QED) is 0.435. The number of fused-ring (bicyclic) bond motifs is 1. The van der Waals surface area contributed by atoms with Crippen molar-refractivity contribution in [3.63, 3.8) is 0 Å². The molecular formula is C23H19N3O3S2. The van der Waals surface area contributed by atoms with Gasteiger partial charge in [-0.3, -0.25) is 9.69 Å². The normalized spacial score (nSPS) is 18.6. The average molecular weight is 450 g/mol. The first-order chi connectivity index (χ1) is 15.0. The number of nitrogens with zero attached hydrogens (tertiary/aromatic N) is 2. The van der Waals surface area contributed by atoms with Crippen LogP contribution in [0.4, 0.5) is 4.79 Å². The van der Waals surface area contributed by atoms with E-state index in [0.717, 1.165) is 32.0 Å². The van der Waals surface area contributed by atoms with Gasteiger partial charge in [0.1, 0.15) is 16.3 Å². The Balaban J connectivity index is 1.42. The number of thiophene rings is 1. The summed E-state index contributed by atoms with van der Waals surface area (Å²) in [6.07, 6.45) is 0. The van der Waals surface area contributed by atoms with Crippen LogP contribution in [-0.2, 0) is 16.9 Å². The fraction of sp³-hybridized carbons (Fsp3) is 0.174. The number of nitrogens with one attached hydrogen (secondary N) is 1. The molecule has 0 saturated carbocycles. The second-order valence-electron chi connectivity index (χ2n) is 7.50. The molecule has 8 heteroatoms. The first kappa shape index (κ1) is 19.7. The van der Waals surface area contributed by atoms with Crippen LogP contribution in [-0.4, -0.2) is 28.9 Å². The molecule has 0 aliphatic carbocycles. The third kappa shape index (κ3) is 3.37. The number of ether oxygens (including phenoxy) is 1. The molecule has 0 bridgehead atoms. The van der Waals surface area contributed by atoms with Gasteiger partial charge in [-0.15, -0.1) is 22.7 Å². The maximum atomic E-state index is 13.3. The number of methoxy groups -OCH3 is 1. The Bertz CT molecular complexity index is 1300. The summed E-state index contributed by atoms with van der Waals surface area (Å²) >= 11 is 3.13. The SMILES string of the molecule is COc1ccc2cc([C@@]3(C)NC(=O)N(Cc4csc(-c5cccs5)n4)C3=O)ccc2c1. The summed E-state index contributed by atoms with van der Waals surface area (Å²) < 4.78 is 5.28. The standard InChI is InChI=1S/C23H19N3O3S2/c1-23(16-7-5-15-11-18(29-2)8-6-14(15)10-16)21(27)26(22(28)25-23)12-17-13-31-20(24-17)19-4-3-9-30-19/h3-11,13H,12H2,1-2H3,(H,25,28)/t23-/m1/s1. The number of hydrogen-bond acceptors (Lipinski definition) is 6. The lowest BCUT2D eigenvalue weighted by atomic mass is 9.90. The van der Waals surface area contributed by atoms with Crippen molar-refractivity contribution < 1.29 is 14.3 Å². The fourth-order valence-corrected chi connectivity index (χ4v) is 5.38. The Kier molecular flexibility index (Phi) is 4.75. The molecule has 0 spiro atoms. The van der Waals surface area contributed by atoms with Crippen LogP contribution in [0.5, 0.6) is 5.75 Å². The van der Waals surface area contributed by atoms with Crippen molar-refractivity contribution in [3.8, 4) is 15.6 Å². The van der Waals surface area contributed by atoms with Gasteiger partial charge in [0, 0.05) is 5.38 Å². The topological polar surface area (TPSA) is 71.5 Å². The molecular weight excluding hydrogens is 430 g/mol. The monoisotopic (exact) mass is 449 g/mol. The molecule has 0 radical (unpaired) electrons. The van der Waals surface area contributed by atoms with Gasteiger partial charge in [-0.2, -0.15) is 0 Å². The maximum absolute atomic E-state index is 13.3. The fourth-order valence-electron chi connectivity index (χ4n) is 3.75. The number of imide groups is 1. The number of urea groups is 1. The Hall–Kier alpha value is -3.23. The van der Waals surface area contributed by atoms with Crippen molar-refractivity contribution >= 4 is 45.4 Å². The van der Waals surface area contributed by atoms with Crippen molar-refractivity contribution in [1.82, 2.24) is 15.2 Å². The molecule has 1 fully saturated rings. The van der Waals surface area contributed by atoms with Gasteiger partial charge >= 0.3 is 6.03 Å². The van der Waals surface area contributed by atoms with Crippen LogP contribution in [0.15, 0.2) is 59.3 Å². The summed E-state index contributed by atoms with van der Waals surface area (Å²) in [4.78, 5) is 33.0. The first-order valence-electron chi connectivity index (χ1n) is 9.68. The van der Waals surface area contributed by atoms with E-state index in [0.29, 0.717) is 5.69 Å². The molecule has 156 valence electrons. The number of thiazole rings is 1. The number of carbonyl (C=O) groups is 2. The lowest BCUT2D eigenvalue weighted by molar-refractivity contribution is -0.131. The number of benzene rings is 2. The van der Waals surface area contributed by atoms with Crippen LogP contribution in [0.2, 0.25) is 0 Å². The zero-order valence-corrected chi connectivity index (χ0v) is 18.5. The van der Waals surface area contributed by atoms with Crippen LogP contribution in [0.1, 0.15) is 18.2 Å². The third-order valence-corrected chi connectivity index (χ3v) is 7.43. The molecule has 3 heterocycles. The molecule has 1 atom stereocenters. The van der Waals surface area contributed by atoms with Gasteiger partial charge in [-0.1, -0.05) is 24.3 Å². The van der Waals surface area contributed by atoms with E-state index in [4.69, 9.17) is 4.74 Å². The van der Waals surface area contributed by atoms with Crippen molar-refractivity contribution in [2.24, 2.45) is 0 Å². The largest absolute Gasteiger partial charge is 0.497 e. The van der Waals surface area contributed by atoms with E-state index in [-0.39, 0.29) is 12.5 Å². The molecule has 4 aromatic rings. The van der Waals surface area contributed by atoms with Gasteiger partial charge in [-0.25, -0.2) is 9.78 Å². The Morgan fingerprint density at radius 1 is 1.10 bits per heavy atom. The zero-order chi connectivity index (χ0) is 21.6. The molecule has 3 amide bonds. The van der Waals surface area contributed by atoms with Crippen LogP contribution >= 0.6 is 22.7 Å². The lowest BCUT2D eigenvalue weighted by Crippen LogP contribution is -2.40. The number of amides is 3. The highest BCUT2D eigenvalue weighted by Gasteiger charge is 2.49. The van der Waals surface area contributed by atoms with Crippen molar-refractivity contribution in [1.29, 1.82) is 0 Å². The highest BCUT2D eigenvalue weighted by atomic mass is 32.1. The van der Waals surface area contributed by atoms with E-state index in [1.54, 1.807) is 25.4 Å². The predicted octanol–water partition coefficient (Wildman–Crippen LogP) is 5.00. The number of carbonyl (C=O) groups excluding carboxylic acids is 2. The van der Waals surface area contributed by atoms with Gasteiger partial charge < -0.3 is 10.1 Å². The molecule has 6 nitrogen and oxygen atoms in total. The van der Waals surface area contributed by atoms with Crippen LogP contribution in [0.3, 0.4) is 0 Å². The van der Waals surface area contributed by atoms with E-state index < -0.39 is 11.6 Å². The van der Waals surface area contributed by atoms with Crippen molar-refractivity contribution in [3.05, 3.63) is 70.5 Å². The summed E-state index contributed by atoms with van der Waals surface area (Å²) in [6, 6.07) is 15.1. The molecule has 0 unspecified atom stereocenters. The van der Waals surface area contributed by atoms with Crippen LogP contribution in [0, 0.1) is 0 Å². The number of aromatic nitrogens is 1. The van der Waals surface area contributed by atoms with Crippen molar-refractivity contribution in [2.45, 2.75) is 19.0 Å². The minimum atomic E-state index is -1.13. The van der Waals surface area contributed by atoms with E-state index in [2.05, 4.69) is 10.3 Å². The van der Waals surface area contributed by atoms with Gasteiger partial charge in [0.2, 0.25) is 0 Å². The third-order valence-electron chi connectivity index (χ3n) is 5.50. The highest BCUT2D eigenvalue weighted by molar-refractivity contribution is 7.20. The molecule has 31 heavy (non-hydrogen) atoms. The number of hydrogen-bond donors (Lipinski definition) is 1. The molecule has 1 saturated heterocycles. The molecule has 2 aromatic carbocycles. The smallest absolute Gasteiger partial charge is 0.325 e. The molecule has 2 aromatic heterocycles. The van der Waals surface area contributed by atoms with E-state index >= 15 is 0 Å². The molecule has 5 rings (SSSR count). The van der Waals surface area contributed by atoms with E-state index in [1.165, 1.54) is 16.2 Å². The average Bonchev–Trinajstić information content (AvgIpc) is 3.51. The summed E-state index contributed by atoms with van der Waals surface area (Å²) in [6.45, 7) is 1.89. The second kappa shape index (κ2) is 7.47. The summed E-state index contributed by atoms with van der Waals surface area (Å²) in [5, 5.41) is 9.64. The molecule has 1 aliphatic rings. The summed E-state index contributed by atoms with van der Waals surface area (Å²) in [5.41, 5.74) is 0.313. The second-order valence-corrected chi connectivity index (χ2v) is 9.30. The van der Waals surface area contributed by atoms with Crippen LogP contribution in [0.25, 0.3) is 20.7 Å². The van der Waals surface area contributed by atoms with Crippen LogP contribution < -0.4 is 10.1 Å². The van der Waals surface area contributed by atoms with Gasteiger partial charge in [0.05, 0.1) is 24.2 Å². The van der Waals surface area contributed by atoms with Gasteiger partial charge in [0.15, 0.2) is 0 Å². The Labute approximate surface area is 187 Å². The van der Waals surface area contributed by atoms with E-state index in [9.17, 15) is 9.59 Å². The lowest BCUT2D eigenvalue weighted by Gasteiger charge is -2.22. The minimum Gasteiger partial charge on any atom is -0.497 e. The maximum Gasteiger partial charge on any atom is 0.325 e. The van der Waals surface area contributed by atoms with Gasteiger partial charge in [0.25, 0.3) is 5.91 Å². The Morgan fingerprint density at radius 2 is 1.90 bits per heavy atom. The molecule has 1 N–H and O–H groups in total. The van der Waals surface area contributed by atoms with Gasteiger partial charge in [-0.05, 0) is 52.9 Å². The molecule has 1 aliphatic heterocycles. The predicted molar refractivity (Wildman–Crippen MR) is 122 cm³/mol. The first-order valence-corrected chi connectivity index (χ1v) is 11.4. The minimum absolute atomic E-state index is 0.146. The highest BCUT2D eigenvalue weighted by Crippen LogP contribution is 2.33. The van der Waals surface area contributed by atoms with E-state index in [1.807, 2.05) is 59.3 Å². The summed E-state index contributed by atoms with van der Waals surface area (Å²) in [5.74, 6) is 0.490. The summed E-state index contributed by atoms with van der Waals surface area (Å²) in [7, 11) is 1.63.